The van der Waals surface area contributed by atoms with Crippen molar-refractivity contribution in [1.29, 1.82) is 0 Å². The topological polar surface area (TPSA) is 36.9 Å². The van der Waals surface area contributed by atoms with Crippen molar-refractivity contribution in [3.63, 3.8) is 0 Å². The van der Waals surface area contributed by atoms with Crippen molar-refractivity contribution in [3.05, 3.63) is 60.7 Å². The molecule has 2 unspecified atom stereocenters. The maximum Gasteiger partial charge on any atom is 0.389 e. The Morgan fingerprint density at radius 1 is 0.652 bits per heavy atom. The van der Waals surface area contributed by atoms with Crippen molar-refractivity contribution in [2.45, 2.75) is 13.1 Å². The van der Waals surface area contributed by atoms with Gasteiger partial charge in [-0.25, -0.2) is 0 Å². The first-order valence-corrected chi connectivity index (χ1v) is 13.7. The molecule has 4 nitrogen and oxygen atoms in total. The molecular formula is C16H24O4Si3. The highest BCUT2D eigenvalue weighted by Crippen LogP contribution is 2.13. The Labute approximate surface area is 142 Å². The van der Waals surface area contributed by atoms with Gasteiger partial charge in [0.05, 0.1) is 0 Å². The minimum Gasteiger partial charge on any atom is -0.411 e. The van der Waals surface area contributed by atoms with E-state index < -0.39 is 27.1 Å². The van der Waals surface area contributed by atoms with Gasteiger partial charge in [0, 0.05) is 14.2 Å². The molecule has 0 fully saturated rings. The van der Waals surface area contributed by atoms with Gasteiger partial charge in [-0.1, -0.05) is 60.7 Å². The van der Waals surface area contributed by atoms with Gasteiger partial charge in [-0.2, -0.15) is 0 Å². The van der Waals surface area contributed by atoms with E-state index in [-0.39, 0.29) is 0 Å². The number of hydrogen-bond donors (Lipinski definition) is 0. The molecule has 0 aliphatic carbocycles. The van der Waals surface area contributed by atoms with Gasteiger partial charge < -0.3 is 17.1 Å². The Balaban J connectivity index is 2.57. The normalized spacial score (nSPS) is 14.4. The molecule has 0 saturated carbocycles. The fourth-order valence-electron chi connectivity index (χ4n) is 2.35. The molecule has 0 aliphatic rings. The van der Waals surface area contributed by atoms with Crippen molar-refractivity contribution in [1.82, 2.24) is 0 Å². The SMILES string of the molecule is CO[SiH](C)O[Si](O[SiH](C)OC)(c1ccccc1)c1ccccc1. The highest BCUT2D eigenvalue weighted by Gasteiger charge is 2.45. The van der Waals surface area contributed by atoms with E-state index in [1.54, 1.807) is 14.2 Å². The van der Waals surface area contributed by atoms with E-state index in [0.29, 0.717) is 0 Å². The van der Waals surface area contributed by atoms with E-state index >= 15 is 0 Å². The largest absolute Gasteiger partial charge is 0.411 e. The van der Waals surface area contributed by atoms with Crippen LogP contribution in [0.3, 0.4) is 0 Å². The third-order valence-electron chi connectivity index (χ3n) is 3.64. The Hall–Kier alpha value is -1.07. The smallest absolute Gasteiger partial charge is 0.389 e. The van der Waals surface area contributed by atoms with Crippen molar-refractivity contribution in [2.24, 2.45) is 0 Å². The first-order valence-electron chi connectivity index (χ1n) is 7.64. The van der Waals surface area contributed by atoms with Gasteiger partial charge in [-0.05, 0) is 23.5 Å². The first kappa shape index (κ1) is 18.3. The molecule has 0 aromatic heterocycles. The second kappa shape index (κ2) is 8.69. The molecule has 2 aromatic carbocycles. The zero-order valence-electron chi connectivity index (χ0n) is 14.1. The van der Waals surface area contributed by atoms with E-state index in [0.717, 1.165) is 10.4 Å². The van der Waals surface area contributed by atoms with Gasteiger partial charge >= 0.3 is 27.1 Å². The third-order valence-corrected chi connectivity index (χ3v) is 12.5. The summed E-state index contributed by atoms with van der Waals surface area (Å²) in [4.78, 5) is 0. The lowest BCUT2D eigenvalue weighted by molar-refractivity contribution is 0.283. The van der Waals surface area contributed by atoms with Crippen LogP contribution in [-0.4, -0.2) is 41.3 Å². The maximum absolute atomic E-state index is 6.52. The summed E-state index contributed by atoms with van der Waals surface area (Å²) >= 11 is 0. The predicted molar refractivity (Wildman–Crippen MR) is 100 cm³/mol. The molecule has 23 heavy (non-hydrogen) atoms. The van der Waals surface area contributed by atoms with Crippen LogP contribution in [0.5, 0.6) is 0 Å². The van der Waals surface area contributed by atoms with Crippen LogP contribution in [-0.2, 0) is 17.1 Å². The lowest BCUT2D eigenvalue weighted by Gasteiger charge is -2.35. The number of hydrogen-bond acceptors (Lipinski definition) is 4. The molecular weight excluding hydrogens is 340 g/mol. The van der Waals surface area contributed by atoms with E-state index in [1.807, 2.05) is 49.5 Å². The number of rotatable bonds is 8. The summed E-state index contributed by atoms with van der Waals surface area (Å²) in [5.74, 6) is 0. The Morgan fingerprint density at radius 3 is 1.30 bits per heavy atom. The van der Waals surface area contributed by atoms with Gasteiger partial charge in [0.25, 0.3) is 0 Å². The number of benzene rings is 2. The maximum atomic E-state index is 6.52. The first-order chi connectivity index (χ1) is 11.1. The van der Waals surface area contributed by atoms with E-state index in [4.69, 9.17) is 17.1 Å². The highest BCUT2D eigenvalue weighted by molar-refractivity contribution is 6.98. The predicted octanol–water partition coefficient (Wildman–Crippen LogP) is 1.27. The van der Waals surface area contributed by atoms with Crippen LogP contribution in [0.2, 0.25) is 13.1 Å². The van der Waals surface area contributed by atoms with Gasteiger partial charge in [0.2, 0.25) is 0 Å². The molecule has 2 rings (SSSR count). The van der Waals surface area contributed by atoms with Crippen molar-refractivity contribution < 1.29 is 17.1 Å². The fraction of sp³-hybridized carbons (Fsp3) is 0.250. The van der Waals surface area contributed by atoms with Crippen LogP contribution in [0.15, 0.2) is 60.7 Å². The third kappa shape index (κ3) is 4.48. The molecule has 124 valence electrons. The monoisotopic (exact) mass is 364 g/mol. The molecule has 0 heterocycles. The Kier molecular flexibility index (Phi) is 6.90. The lowest BCUT2D eigenvalue weighted by atomic mass is 10.4. The molecule has 0 aliphatic heterocycles. The van der Waals surface area contributed by atoms with Crippen LogP contribution >= 0.6 is 0 Å². The fourth-order valence-corrected chi connectivity index (χ4v) is 11.4. The van der Waals surface area contributed by atoms with Crippen LogP contribution in [0.1, 0.15) is 0 Å². The lowest BCUT2D eigenvalue weighted by Crippen LogP contribution is -2.67. The molecule has 0 amide bonds. The standard InChI is InChI=1S/C16H24O4Si3/c1-17-21(3)19-23(20-22(4)18-2,15-11-7-5-8-12-15)16-13-9-6-10-14-16/h5-14,21-22H,1-4H3. The zero-order valence-corrected chi connectivity index (χ0v) is 17.4. The molecule has 2 aromatic rings. The summed E-state index contributed by atoms with van der Waals surface area (Å²) < 4.78 is 24.1. The summed E-state index contributed by atoms with van der Waals surface area (Å²) in [6, 6.07) is 20.4. The van der Waals surface area contributed by atoms with Gasteiger partial charge in [0.1, 0.15) is 0 Å². The molecule has 0 bridgehead atoms. The van der Waals surface area contributed by atoms with Crippen LogP contribution in [0.4, 0.5) is 0 Å². The van der Waals surface area contributed by atoms with Crippen molar-refractivity contribution in [2.75, 3.05) is 14.2 Å². The summed E-state index contributed by atoms with van der Waals surface area (Å²) in [6.45, 7) is 4.05. The molecule has 7 heteroatoms. The molecule has 0 spiro atoms. The summed E-state index contributed by atoms with van der Waals surface area (Å²) in [5, 5.41) is 2.16. The second-order valence-electron chi connectivity index (χ2n) is 5.19. The highest BCUT2D eigenvalue weighted by atomic mass is 28.5. The van der Waals surface area contributed by atoms with E-state index in [1.165, 1.54) is 0 Å². The van der Waals surface area contributed by atoms with E-state index in [2.05, 4.69) is 24.3 Å². The second-order valence-corrected chi connectivity index (χ2v) is 12.7. The molecule has 0 N–H and O–H groups in total. The van der Waals surface area contributed by atoms with Crippen molar-refractivity contribution >= 4 is 37.5 Å². The van der Waals surface area contributed by atoms with Crippen LogP contribution < -0.4 is 10.4 Å². The Morgan fingerprint density at radius 2 is 1.00 bits per heavy atom. The summed E-state index contributed by atoms with van der Waals surface area (Å²) in [7, 11) is -3.07. The minimum absolute atomic E-state index is 1.08. The molecule has 2 atom stereocenters. The summed E-state index contributed by atoms with van der Waals surface area (Å²) in [5.41, 5.74) is 0. The Bertz CT molecular complexity index is 529. The van der Waals surface area contributed by atoms with Gasteiger partial charge in [0.15, 0.2) is 0 Å². The summed E-state index contributed by atoms with van der Waals surface area (Å²) in [6.07, 6.45) is 0. The molecule has 0 saturated heterocycles. The van der Waals surface area contributed by atoms with Gasteiger partial charge in [-0.3, -0.25) is 0 Å². The van der Waals surface area contributed by atoms with Crippen LogP contribution in [0, 0.1) is 0 Å². The zero-order chi connectivity index (χ0) is 16.7. The van der Waals surface area contributed by atoms with Crippen LogP contribution in [0.25, 0.3) is 0 Å². The van der Waals surface area contributed by atoms with Crippen molar-refractivity contribution in [3.8, 4) is 0 Å². The van der Waals surface area contributed by atoms with E-state index in [9.17, 15) is 0 Å². The average Bonchev–Trinajstić information content (AvgIpc) is 2.62. The average molecular weight is 365 g/mol. The quantitative estimate of drug-likeness (QED) is 0.661. The molecule has 0 radical (unpaired) electrons. The van der Waals surface area contributed by atoms with Gasteiger partial charge in [-0.15, -0.1) is 0 Å². The minimum atomic E-state index is -2.84.